The highest BCUT2D eigenvalue weighted by Crippen LogP contribution is 2.23. The van der Waals surface area contributed by atoms with E-state index in [-0.39, 0.29) is 24.8 Å². The van der Waals surface area contributed by atoms with E-state index in [0.717, 1.165) is 5.56 Å². The van der Waals surface area contributed by atoms with Gasteiger partial charge in [0, 0.05) is 31.0 Å². The summed E-state index contributed by atoms with van der Waals surface area (Å²) in [6, 6.07) is 5.90. The molecule has 0 aliphatic rings. The van der Waals surface area contributed by atoms with E-state index >= 15 is 0 Å². The average molecular weight is 319 g/mol. The molecule has 0 radical (unpaired) electrons. The highest BCUT2D eigenvalue weighted by molar-refractivity contribution is 6.00. The topological polar surface area (TPSA) is 83.2 Å². The van der Waals surface area contributed by atoms with Gasteiger partial charge in [-0.05, 0) is 24.6 Å². The van der Waals surface area contributed by atoms with E-state index in [4.69, 9.17) is 4.74 Å². The first kappa shape index (κ1) is 16.5. The number of hydrogen-bond donors (Lipinski definition) is 3. The molecule has 1 aromatic carbocycles. The second kappa shape index (κ2) is 7.98. The van der Waals surface area contributed by atoms with Crippen molar-refractivity contribution < 1.29 is 18.7 Å². The molecule has 0 spiro atoms. The van der Waals surface area contributed by atoms with Crippen LogP contribution in [0.2, 0.25) is 0 Å². The van der Waals surface area contributed by atoms with Crippen LogP contribution in [0.5, 0.6) is 0 Å². The minimum Gasteiger partial charge on any atom is -0.450 e. The molecule has 1 aromatic heterocycles. The van der Waals surface area contributed by atoms with Crippen LogP contribution in [0.4, 0.5) is 9.18 Å². The molecule has 1 heterocycles. The number of amides is 2. The summed E-state index contributed by atoms with van der Waals surface area (Å²) in [4.78, 5) is 26.2. The zero-order valence-electron chi connectivity index (χ0n) is 12.7. The summed E-state index contributed by atoms with van der Waals surface area (Å²) in [6.07, 6.45) is 2.74. The van der Waals surface area contributed by atoms with Crippen molar-refractivity contribution >= 4 is 12.0 Å². The molecule has 0 atom stereocenters. The molecule has 0 aliphatic carbocycles. The number of benzene rings is 1. The molecule has 0 unspecified atom stereocenters. The average Bonchev–Trinajstić information content (AvgIpc) is 3.02. The van der Waals surface area contributed by atoms with Crippen molar-refractivity contribution in [3.8, 4) is 11.1 Å². The summed E-state index contributed by atoms with van der Waals surface area (Å²) in [5.41, 5.74) is 1.87. The SMILES string of the molecule is CCOC(=O)NCCNC(=O)c1c[nH]cc1-c1ccc(F)cc1. The summed E-state index contributed by atoms with van der Waals surface area (Å²) in [6.45, 7) is 2.54. The lowest BCUT2D eigenvalue weighted by atomic mass is 10.0. The van der Waals surface area contributed by atoms with Crippen LogP contribution in [0, 0.1) is 5.82 Å². The Morgan fingerprint density at radius 1 is 1.13 bits per heavy atom. The Labute approximate surface area is 133 Å². The summed E-state index contributed by atoms with van der Waals surface area (Å²) in [7, 11) is 0. The largest absolute Gasteiger partial charge is 0.450 e. The maximum atomic E-state index is 13.0. The zero-order chi connectivity index (χ0) is 16.7. The van der Waals surface area contributed by atoms with Gasteiger partial charge < -0.3 is 20.4 Å². The Hall–Kier alpha value is -2.83. The number of carbonyl (C=O) groups is 2. The van der Waals surface area contributed by atoms with Crippen LogP contribution in [0.25, 0.3) is 11.1 Å². The molecular weight excluding hydrogens is 301 g/mol. The van der Waals surface area contributed by atoms with E-state index in [9.17, 15) is 14.0 Å². The van der Waals surface area contributed by atoms with Crippen molar-refractivity contribution in [2.24, 2.45) is 0 Å². The van der Waals surface area contributed by atoms with E-state index in [1.54, 1.807) is 31.5 Å². The Kier molecular flexibility index (Phi) is 5.74. The molecule has 23 heavy (non-hydrogen) atoms. The van der Waals surface area contributed by atoms with Gasteiger partial charge in [0.1, 0.15) is 5.82 Å². The van der Waals surface area contributed by atoms with Crippen LogP contribution in [-0.2, 0) is 4.74 Å². The fourth-order valence-corrected chi connectivity index (χ4v) is 2.04. The monoisotopic (exact) mass is 319 g/mol. The molecule has 2 aromatic rings. The molecule has 0 saturated heterocycles. The standard InChI is InChI=1S/C16H18FN3O3/c1-2-23-16(22)20-8-7-19-15(21)14-10-18-9-13(14)11-3-5-12(17)6-4-11/h3-6,9-10,18H,2,7-8H2,1H3,(H,19,21)(H,20,22). The number of alkyl carbamates (subject to hydrolysis) is 1. The van der Waals surface area contributed by atoms with Gasteiger partial charge in [0.15, 0.2) is 0 Å². The number of nitrogens with one attached hydrogen (secondary N) is 3. The van der Waals surface area contributed by atoms with Gasteiger partial charge in [-0.3, -0.25) is 4.79 Å². The lowest BCUT2D eigenvalue weighted by molar-refractivity contribution is 0.0953. The number of carbonyl (C=O) groups excluding carboxylic acids is 2. The number of hydrogen-bond acceptors (Lipinski definition) is 3. The predicted octanol–water partition coefficient (Wildman–Crippen LogP) is 2.30. The van der Waals surface area contributed by atoms with E-state index in [2.05, 4.69) is 15.6 Å². The van der Waals surface area contributed by atoms with Gasteiger partial charge in [-0.15, -0.1) is 0 Å². The minimum absolute atomic E-state index is 0.265. The number of H-pyrrole nitrogens is 1. The van der Waals surface area contributed by atoms with Gasteiger partial charge in [0.2, 0.25) is 0 Å². The Bertz CT molecular complexity index is 667. The molecule has 7 heteroatoms. The number of aromatic amines is 1. The Balaban J connectivity index is 1.92. The predicted molar refractivity (Wildman–Crippen MR) is 83.5 cm³/mol. The third kappa shape index (κ3) is 4.57. The normalized spacial score (nSPS) is 10.2. The summed E-state index contributed by atoms with van der Waals surface area (Å²) < 4.78 is 17.7. The molecule has 6 nitrogen and oxygen atoms in total. The fraction of sp³-hybridized carbons (Fsp3) is 0.250. The molecular formula is C16H18FN3O3. The smallest absolute Gasteiger partial charge is 0.407 e. The first-order valence-corrected chi connectivity index (χ1v) is 7.23. The minimum atomic E-state index is -0.518. The van der Waals surface area contributed by atoms with Crippen molar-refractivity contribution in [2.75, 3.05) is 19.7 Å². The number of ether oxygens (including phenoxy) is 1. The first-order chi connectivity index (χ1) is 11.1. The molecule has 2 rings (SSSR count). The lowest BCUT2D eigenvalue weighted by Crippen LogP contribution is -2.35. The molecule has 2 amide bonds. The van der Waals surface area contributed by atoms with Crippen LogP contribution in [0.1, 0.15) is 17.3 Å². The Morgan fingerprint density at radius 2 is 1.83 bits per heavy atom. The second-order valence-corrected chi connectivity index (χ2v) is 4.69. The van der Waals surface area contributed by atoms with Gasteiger partial charge in [-0.1, -0.05) is 12.1 Å². The van der Waals surface area contributed by atoms with E-state index in [0.29, 0.717) is 17.7 Å². The quantitative estimate of drug-likeness (QED) is 0.714. The third-order valence-electron chi connectivity index (χ3n) is 3.10. The Morgan fingerprint density at radius 3 is 2.52 bits per heavy atom. The van der Waals surface area contributed by atoms with Crippen molar-refractivity contribution in [3.05, 3.63) is 48.0 Å². The third-order valence-corrected chi connectivity index (χ3v) is 3.10. The van der Waals surface area contributed by atoms with E-state index in [1.165, 1.54) is 12.1 Å². The van der Waals surface area contributed by atoms with Gasteiger partial charge in [0.25, 0.3) is 5.91 Å². The molecule has 0 fully saturated rings. The maximum Gasteiger partial charge on any atom is 0.407 e. The van der Waals surface area contributed by atoms with Gasteiger partial charge in [-0.2, -0.15) is 0 Å². The number of halogens is 1. The molecule has 3 N–H and O–H groups in total. The van der Waals surface area contributed by atoms with Crippen LogP contribution in [0.15, 0.2) is 36.7 Å². The van der Waals surface area contributed by atoms with E-state index < -0.39 is 6.09 Å². The van der Waals surface area contributed by atoms with Crippen molar-refractivity contribution in [1.82, 2.24) is 15.6 Å². The van der Waals surface area contributed by atoms with Crippen molar-refractivity contribution in [2.45, 2.75) is 6.92 Å². The highest BCUT2D eigenvalue weighted by Gasteiger charge is 2.13. The maximum absolute atomic E-state index is 13.0. The van der Waals surface area contributed by atoms with E-state index in [1.807, 2.05) is 0 Å². The van der Waals surface area contributed by atoms with Gasteiger partial charge in [0.05, 0.1) is 12.2 Å². The molecule has 0 bridgehead atoms. The van der Waals surface area contributed by atoms with Gasteiger partial charge >= 0.3 is 6.09 Å². The number of aromatic nitrogens is 1. The first-order valence-electron chi connectivity index (χ1n) is 7.23. The molecule has 122 valence electrons. The van der Waals surface area contributed by atoms with Crippen LogP contribution in [-0.4, -0.2) is 36.7 Å². The van der Waals surface area contributed by atoms with Crippen molar-refractivity contribution in [3.63, 3.8) is 0 Å². The van der Waals surface area contributed by atoms with Crippen LogP contribution < -0.4 is 10.6 Å². The van der Waals surface area contributed by atoms with Crippen LogP contribution >= 0.6 is 0 Å². The lowest BCUT2D eigenvalue weighted by Gasteiger charge is -2.08. The summed E-state index contributed by atoms with van der Waals surface area (Å²) >= 11 is 0. The summed E-state index contributed by atoms with van der Waals surface area (Å²) in [5, 5.41) is 5.21. The summed E-state index contributed by atoms with van der Waals surface area (Å²) in [5.74, 6) is -0.614. The van der Waals surface area contributed by atoms with Crippen LogP contribution in [0.3, 0.4) is 0 Å². The molecule has 0 saturated carbocycles. The highest BCUT2D eigenvalue weighted by atomic mass is 19.1. The van der Waals surface area contributed by atoms with Gasteiger partial charge in [-0.25, -0.2) is 9.18 Å². The fourth-order valence-electron chi connectivity index (χ4n) is 2.04. The second-order valence-electron chi connectivity index (χ2n) is 4.69. The molecule has 0 aliphatic heterocycles. The number of rotatable bonds is 6. The zero-order valence-corrected chi connectivity index (χ0v) is 12.7. The van der Waals surface area contributed by atoms with Crippen molar-refractivity contribution in [1.29, 1.82) is 0 Å².